The molecule has 0 aliphatic carbocycles. The first-order chi connectivity index (χ1) is 17.8. The summed E-state index contributed by atoms with van der Waals surface area (Å²) in [6, 6.07) is 15.9. The zero-order valence-electron chi connectivity index (χ0n) is 22.0. The average molecular weight is 505 g/mol. The summed E-state index contributed by atoms with van der Waals surface area (Å²) in [5.74, 6) is 0.449. The van der Waals surface area contributed by atoms with Crippen LogP contribution in [0.1, 0.15) is 35.0 Å². The van der Waals surface area contributed by atoms with Gasteiger partial charge in [-0.05, 0) is 88.4 Å². The number of pyridine rings is 1. The van der Waals surface area contributed by atoms with E-state index in [1.165, 1.54) is 0 Å². The molecular weight excluding hydrogens is 468 g/mol. The van der Waals surface area contributed by atoms with Crippen molar-refractivity contribution in [1.29, 1.82) is 0 Å². The van der Waals surface area contributed by atoms with E-state index >= 15 is 0 Å². The summed E-state index contributed by atoms with van der Waals surface area (Å²) >= 11 is 0. The number of amides is 3. The molecular formula is C28H36N6O3. The first-order valence-electron chi connectivity index (χ1n) is 12.3. The van der Waals surface area contributed by atoms with Crippen molar-refractivity contribution in [1.82, 2.24) is 14.8 Å². The van der Waals surface area contributed by atoms with Crippen molar-refractivity contribution >= 4 is 29.0 Å². The predicted octanol–water partition coefficient (Wildman–Crippen LogP) is 4.61. The third-order valence-electron chi connectivity index (χ3n) is 5.69. The van der Waals surface area contributed by atoms with Crippen LogP contribution in [0.25, 0.3) is 0 Å². The molecule has 0 aliphatic heterocycles. The average Bonchev–Trinajstić information content (AvgIpc) is 2.86. The Kier molecular flexibility index (Phi) is 9.85. The Labute approximate surface area is 218 Å². The van der Waals surface area contributed by atoms with Gasteiger partial charge >= 0.3 is 6.03 Å². The number of carbonyl (C=O) groups is 2. The first-order valence-corrected chi connectivity index (χ1v) is 12.3. The lowest BCUT2D eigenvalue weighted by Crippen LogP contribution is -2.36. The van der Waals surface area contributed by atoms with Gasteiger partial charge in [0, 0.05) is 25.0 Å². The van der Waals surface area contributed by atoms with Crippen molar-refractivity contribution in [2.24, 2.45) is 0 Å². The number of urea groups is 1. The van der Waals surface area contributed by atoms with E-state index in [0.29, 0.717) is 36.8 Å². The maximum atomic E-state index is 13.2. The van der Waals surface area contributed by atoms with Gasteiger partial charge < -0.3 is 30.9 Å². The van der Waals surface area contributed by atoms with Gasteiger partial charge in [-0.1, -0.05) is 18.2 Å². The van der Waals surface area contributed by atoms with Crippen LogP contribution < -0.4 is 21.1 Å². The van der Waals surface area contributed by atoms with Crippen LogP contribution in [0.3, 0.4) is 0 Å². The summed E-state index contributed by atoms with van der Waals surface area (Å²) < 4.78 is 5.59. The number of nitrogens with zero attached hydrogens (tertiary/aromatic N) is 3. The Hall–Kier alpha value is -4.11. The van der Waals surface area contributed by atoms with Gasteiger partial charge in [-0.2, -0.15) is 0 Å². The number of aromatic nitrogens is 1. The second-order valence-corrected chi connectivity index (χ2v) is 9.01. The van der Waals surface area contributed by atoms with Crippen molar-refractivity contribution in [3.05, 3.63) is 77.6 Å². The minimum Gasteiger partial charge on any atom is -0.494 e. The molecule has 0 bridgehead atoms. The van der Waals surface area contributed by atoms with Crippen LogP contribution >= 0.6 is 0 Å². The first kappa shape index (κ1) is 27.5. The molecule has 0 saturated heterocycles. The van der Waals surface area contributed by atoms with Crippen LogP contribution in [0.15, 0.2) is 60.8 Å². The van der Waals surface area contributed by atoms with E-state index < -0.39 is 0 Å². The second kappa shape index (κ2) is 13.3. The van der Waals surface area contributed by atoms with E-state index in [1.807, 2.05) is 52.2 Å². The van der Waals surface area contributed by atoms with E-state index in [9.17, 15) is 9.59 Å². The molecule has 1 aromatic heterocycles. The molecule has 4 N–H and O–H groups in total. The van der Waals surface area contributed by atoms with E-state index in [2.05, 4.69) is 20.5 Å². The maximum absolute atomic E-state index is 13.2. The fourth-order valence-electron chi connectivity index (χ4n) is 3.75. The highest BCUT2D eigenvalue weighted by Gasteiger charge is 2.16. The topological polar surface area (TPSA) is 113 Å². The summed E-state index contributed by atoms with van der Waals surface area (Å²) in [6.07, 6.45) is 2.44. The second-order valence-electron chi connectivity index (χ2n) is 9.01. The summed E-state index contributed by atoms with van der Waals surface area (Å²) in [4.78, 5) is 33.9. The van der Waals surface area contributed by atoms with Crippen LogP contribution in [0.4, 0.5) is 21.9 Å². The van der Waals surface area contributed by atoms with Crippen molar-refractivity contribution in [2.45, 2.75) is 26.8 Å². The molecule has 3 aromatic rings. The molecule has 1 heterocycles. The van der Waals surface area contributed by atoms with E-state index in [1.54, 1.807) is 41.4 Å². The fourth-order valence-corrected chi connectivity index (χ4v) is 3.75. The van der Waals surface area contributed by atoms with Crippen molar-refractivity contribution in [3.8, 4) is 5.75 Å². The van der Waals surface area contributed by atoms with Gasteiger partial charge in [0.25, 0.3) is 5.91 Å². The minimum absolute atomic E-state index is 0.205. The number of aryl methyl sites for hydroxylation is 1. The van der Waals surface area contributed by atoms with E-state index in [-0.39, 0.29) is 17.6 Å². The molecule has 0 radical (unpaired) electrons. The normalized spacial score (nSPS) is 10.7. The molecule has 3 amide bonds. The summed E-state index contributed by atoms with van der Waals surface area (Å²) in [6.45, 7) is 6.25. The number of anilines is 3. The third-order valence-corrected chi connectivity index (χ3v) is 5.69. The number of hydrogen-bond donors (Lipinski definition) is 3. The largest absolute Gasteiger partial charge is 0.494 e. The zero-order valence-corrected chi connectivity index (χ0v) is 22.0. The number of carbonyl (C=O) groups excluding carboxylic acids is 2. The highest BCUT2D eigenvalue weighted by molar-refractivity contribution is 6.04. The van der Waals surface area contributed by atoms with Gasteiger partial charge in [0.15, 0.2) is 0 Å². The Bertz CT molecular complexity index is 1200. The van der Waals surface area contributed by atoms with Gasteiger partial charge in [0.05, 0.1) is 18.0 Å². The quantitative estimate of drug-likeness (QED) is 0.329. The molecule has 0 spiro atoms. The number of ether oxygens (including phenoxy) is 1. The molecule has 0 fully saturated rings. The Morgan fingerprint density at radius 3 is 2.46 bits per heavy atom. The number of hydrogen-bond acceptors (Lipinski definition) is 6. The minimum atomic E-state index is -0.351. The van der Waals surface area contributed by atoms with Crippen molar-refractivity contribution in [3.63, 3.8) is 0 Å². The van der Waals surface area contributed by atoms with Crippen molar-refractivity contribution in [2.75, 3.05) is 50.2 Å². The fraction of sp³-hybridized carbons (Fsp3) is 0.321. The number of nitrogens with one attached hydrogen (secondary N) is 2. The highest BCUT2D eigenvalue weighted by atomic mass is 16.5. The van der Waals surface area contributed by atoms with E-state index in [4.69, 9.17) is 10.5 Å². The van der Waals surface area contributed by atoms with Gasteiger partial charge in [-0.15, -0.1) is 0 Å². The summed E-state index contributed by atoms with van der Waals surface area (Å²) in [7, 11) is 4.01. The van der Waals surface area contributed by atoms with Gasteiger partial charge in [0.2, 0.25) is 0 Å². The molecule has 0 aliphatic rings. The number of nitrogen functional groups attached to an aromatic ring is 1. The van der Waals surface area contributed by atoms with Crippen LogP contribution in [-0.4, -0.2) is 60.5 Å². The Balaban J connectivity index is 1.68. The number of rotatable bonds is 11. The standard InChI is InChI=1S/C28H36N6O3/c1-5-37-26-14-12-22(17-20(26)2)31-28(36)34(16-8-15-33(3)4)19-21-11-13-25(30-18-21)27(35)32-24-10-7-6-9-23(24)29/h6-7,9-14,17-18H,5,8,15-16,19,29H2,1-4H3,(H,31,36)(H,32,35). The molecule has 37 heavy (non-hydrogen) atoms. The lowest BCUT2D eigenvalue weighted by molar-refractivity contribution is 0.102. The van der Waals surface area contributed by atoms with E-state index in [0.717, 1.165) is 29.8 Å². The van der Waals surface area contributed by atoms with Crippen molar-refractivity contribution < 1.29 is 14.3 Å². The zero-order chi connectivity index (χ0) is 26.8. The molecule has 2 aromatic carbocycles. The molecule has 3 rings (SSSR count). The maximum Gasteiger partial charge on any atom is 0.322 e. The van der Waals surface area contributed by atoms with Crippen LogP contribution in [-0.2, 0) is 6.54 Å². The monoisotopic (exact) mass is 504 g/mol. The third kappa shape index (κ3) is 8.22. The SMILES string of the molecule is CCOc1ccc(NC(=O)N(CCCN(C)C)Cc2ccc(C(=O)Nc3ccccc3N)nc2)cc1C. The van der Waals surface area contributed by atoms with Gasteiger partial charge in [-0.25, -0.2) is 4.79 Å². The van der Waals surface area contributed by atoms with Crippen LogP contribution in [0.2, 0.25) is 0 Å². The lowest BCUT2D eigenvalue weighted by Gasteiger charge is -2.24. The molecule has 0 atom stereocenters. The molecule has 196 valence electrons. The molecule has 0 unspecified atom stereocenters. The van der Waals surface area contributed by atoms with Gasteiger partial charge in [0.1, 0.15) is 11.4 Å². The number of para-hydroxylation sites is 2. The van der Waals surface area contributed by atoms with Gasteiger partial charge in [-0.3, -0.25) is 9.78 Å². The molecule has 9 nitrogen and oxygen atoms in total. The summed E-state index contributed by atoms with van der Waals surface area (Å²) in [5.41, 5.74) is 9.66. The van der Waals surface area contributed by atoms with Crippen LogP contribution in [0.5, 0.6) is 5.75 Å². The lowest BCUT2D eigenvalue weighted by atomic mass is 10.2. The number of nitrogens with two attached hydrogens (primary N) is 1. The molecule has 0 saturated carbocycles. The van der Waals surface area contributed by atoms with Crippen LogP contribution in [0, 0.1) is 6.92 Å². The predicted molar refractivity (Wildman–Crippen MR) is 148 cm³/mol. The smallest absolute Gasteiger partial charge is 0.322 e. The highest BCUT2D eigenvalue weighted by Crippen LogP contribution is 2.22. The Morgan fingerprint density at radius 2 is 1.81 bits per heavy atom. The summed E-state index contributed by atoms with van der Waals surface area (Å²) in [5, 5.41) is 5.77. The molecule has 9 heteroatoms. The number of benzene rings is 2. The Morgan fingerprint density at radius 1 is 1.03 bits per heavy atom.